The van der Waals surface area contributed by atoms with E-state index in [-0.39, 0.29) is 0 Å². The molecule has 0 atom stereocenters. The zero-order chi connectivity index (χ0) is 8.39. The standard InChI is InChI=1S/C7H10BrN3O/c8-6-5-12-7(10-6)11-3-1-9-2-4-11/h5,9H,1-4H2. The predicted octanol–water partition coefficient (Wildman–Crippen LogP) is 0.847. The molecular weight excluding hydrogens is 222 g/mol. The van der Waals surface area contributed by atoms with E-state index < -0.39 is 0 Å². The van der Waals surface area contributed by atoms with Crippen molar-refractivity contribution in [1.82, 2.24) is 10.3 Å². The largest absolute Gasteiger partial charge is 0.431 e. The third-order valence-electron chi connectivity index (χ3n) is 1.85. The average molecular weight is 232 g/mol. The minimum atomic E-state index is 0.711. The van der Waals surface area contributed by atoms with Crippen LogP contribution in [0.2, 0.25) is 0 Å². The Kier molecular flexibility index (Phi) is 2.32. The molecule has 0 radical (unpaired) electrons. The summed E-state index contributed by atoms with van der Waals surface area (Å²) >= 11 is 3.25. The number of nitrogens with zero attached hydrogens (tertiary/aromatic N) is 2. The van der Waals surface area contributed by atoms with Crippen molar-refractivity contribution in [3.8, 4) is 0 Å². The molecule has 1 saturated heterocycles. The maximum atomic E-state index is 5.24. The van der Waals surface area contributed by atoms with Crippen LogP contribution in [0.15, 0.2) is 15.3 Å². The van der Waals surface area contributed by atoms with E-state index in [2.05, 4.69) is 31.1 Å². The molecule has 1 aliphatic heterocycles. The van der Waals surface area contributed by atoms with E-state index in [0.717, 1.165) is 30.8 Å². The number of rotatable bonds is 1. The summed E-state index contributed by atoms with van der Waals surface area (Å²) in [5.74, 6) is 0. The van der Waals surface area contributed by atoms with Gasteiger partial charge in [-0.25, -0.2) is 0 Å². The normalized spacial score (nSPS) is 18.2. The second-order valence-corrected chi connectivity index (χ2v) is 3.50. The first-order valence-electron chi connectivity index (χ1n) is 3.93. The monoisotopic (exact) mass is 231 g/mol. The fourth-order valence-electron chi connectivity index (χ4n) is 1.25. The Labute approximate surface area is 79.1 Å². The van der Waals surface area contributed by atoms with Gasteiger partial charge in [-0.1, -0.05) is 0 Å². The minimum absolute atomic E-state index is 0.711. The van der Waals surface area contributed by atoms with Crippen molar-refractivity contribution in [1.29, 1.82) is 0 Å². The topological polar surface area (TPSA) is 41.3 Å². The molecule has 1 aromatic rings. The number of hydrogen-bond acceptors (Lipinski definition) is 4. The number of nitrogens with one attached hydrogen (secondary N) is 1. The van der Waals surface area contributed by atoms with E-state index >= 15 is 0 Å². The molecule has 12 heavy (non-hydrogen) atoms. The highest BCUT2D eigenvalue weighted by atomic mass is 79.9. The summed E-state index contributed by atoms with van der Waals surface area (Å²) < 4.78 is 6.00. The summed E-state index contributed by atoms with van der Waals surface area (Å²) in [6, 6.07) is 0.711. The maximum absolute atomic E-state index is 5.24. The van der Waals surface area contributed by atoms with Crippen LogP contribution in [0.25, 0.3) is 0 Å². The SMILES string of the molecule is Brc1coc(N2CCNCC2)n1. The second-order valence-electron chi connectivity index (χ2n) is 2.69. The van der Waals surface area contributed by atoms with Crippen molar-refractivity contribution in [3.63, 3.8) is 0 Å². The quantitative estimate of drug-likeness (QED) is 0.779. The van der Waals surface area contributed by atoms with Gasteiger partial charge in [-0.2, -0.15) is 4.98 Å². The van der Waals surface area contributed by atoms with Gasteiger partial charge in [0.2, 0.25) is 0 Å². The zero-order valence-corrected chi connectivity index (χ0v) is 8.17. The molecule has 0 saturated carbocycles. The lowest BCUT2D eigenvalue weighted by molar-refractivity contribution is 0.499. The molecule has 5 heteroatoms. The summed E-state index contributed by atoms with van der Waals surface area (Å²) in [6.07, 6.45) is 1.61. The van der Waals surface area contributed by atoms with Gasteiger partial charge < -0.3 is 14.6 Å². The number of hydrogen-bond donors (Lipinski definition) is 1. The molecule has 2 heterocycles. The van der Waals surface area contributed by atoms with Crippen molar-refractivity contribution in [2.24, 2.45) is 0 Å². The Morgan fingerprint density at radius 2 is 2.25 bits per heavy atom. The summed E-state index contributed by atoms with van der Waals surface area (Å²) in [5.41, 5.74) is 0. The van der Waals surface area contributed by atoms with E-state index in [4.69, 9.17) is 4.42 Å². The highest BCUT2D eigenvalue weighted by molar-refractivity contribution is 9.10. The molecule has 1 aliphatic rings. The Morgan fingerprint density at radius 3 is 2.83 bits per heavy atom. The van der Waals surface area contributed by atoms with Crippen LogP contribution in [0, 0.1) is 0 Å². The van der Waals surface area contributed by atoms with Crippen molar-refractivity contribution in [3.05, 3.63) is 10.9 Å². The summed E-state index contributed by atoms with van der Waals surface area (Å²) in [7, 11) is 0. The zero-order valence-electron chi connectivity index (χ0n) is 6.59. The number of aromatic nitrogens is 1. The van der Waals surface area contributed by atoms with Gasteiger partial charge in [-0.05, 0) is 15.9 Å². The van der Waals surface area contributed by atoms with Gasteiger partial charge >= 0.3 is 0 Å². The molecule has 0 spiro atoms. The van der Waals surface area contributed by atoms with Gasteiger partial charge in [0.05, 0.1) is 0 Å². The molecule has 1 fully saturated rings. The fraction of sp³-hybridized carbons (Fsp3) is 0.571. The van der Waals surface area contributed by atoms with Gasteiger partial charge in [0.15, 0.2) is 0 Å². The number of anilines is 1. The van der Waals surface area contributed by atoms with E-state index in [0.29, 0.717) is 6.01 Å². The molecule has 1 aromatic heterocycles. The molecule has 66 valence electrons. The summed E-state index contributed by atoms with van der Waals surface area (Å²) in [6.45, 7) is 3.93. The van der Waals surface area contributed by atoms with Crippen molar-refractivity contribution in [2.45, 2.75) is 0 Å². The van der Waals surface area contributed by atoms with Gasteiger partial charge in [0.25, 0.3) is 6.01 Å². The number of piperazine rings is 1. The Hall–Kier alpha value is -0.550. The van der Waals surface area contributed by atoms with E-state index in [1.807, 2.05) is 0 Å². The van der Waals surface area contributed by atoms with Crippen LogP contribution in [-0.4, -0.2) is 31.2 Å². The summed E-state index contributed by atoms with van der Waals surface area (Å²) in [4.78, 5) is 6.31. The van der Waals surface area contributed by atoms with E-state index in [1.165, 1.54) is 0 Å². The third-order valence-corrected chi connectivity index (χ3v) is 2.22. The van der Waals surface area contributed by atoms with Crippen LogP contribution in [0.1, 0.15) is 0 Å². The van der Waals surface area contributed by atoms with Crippen molar-refractivity contribution < 1.29 is 4.42 Å². The Balaban J connectivity index is 2.08. The lowest BCUT2D eigenvalue weighted by Crippen LogP contribution is -2.43. The highest BCUT2D eigenvalue weighted by Crippen LogP contribution is 2.17. The van der Waals surface area contributed by atoms with Crippen LogP contribution in [0.4, 0.5) is 6.01 Å². The van der Waals surface area contributed by atoms with Crippen LogP contribution in [0.5, 0.6) is 0 Å². The molecule has 2 rings (SSSR count). The summed E-state index contributed by atoms with van der Waals surface area (Å²) in [5, 5.41) is 3.27. The van der Waals surface area contributed by atoms with Crippen LogP contribution in [-0.2, 0) is 0 Å². The Morgan fingerprint density at radius 1 is 1.50 bits per heavy atom. The maximum Gasteiger partial charge on any atom is 0.298 e. The smallest absolute Gasteiger partial charge is 0.298 e. The van der Waals surface area contributed by atoms with Gasteiger partial charge in [-0.3, -0.25) is 0 Å². The highest BCUT2D eigenvalue weighted by Gasteiger charge is 2.14. The Bertz CT molecular complexity index is 257. The van der Waals surface area contributed by atoms with Crippen molar-refractivity contribution in [2.75, 3.05) is 31.1 Å². The molecule has 0 aliphatic carbocycles. The molecule has 0 amide bonds. The van der Waals surface area contributed by atoms with E-state index in [1.54, 1.807) is 6.26 Å². The van der Waals surface area contributed by atoms with E-state index in [9.17, 15) is 0 Å². The van der Waals surface area contributed by atoms with Crippen LogP contribution in [0.3, 0.4) is 0 Å². The molecule has 4 nitrogen and oxygen atoms in total. The fourth-order valence-corrected chi connectivity index (χ4v) is 1.49. The first kappa shape index (κ1) is 8.07. The second kappa shape index (κ2) is 3.45. The van der Waals surface area contributed by atoms with Gasteiger partial charge in [-0.15, -0.1) is 0 Å². The van der Waals surface area contributed by atoms with Gasteiger partial charge in [0, 0.05) is 26.2 Å². The first-order chi connectivity index (χ1) is 5.86. The molecule has 1 N–H and O–H groups in total. The number of oxazole rings is 1. The first-order valence-corrected chi connectivity index (χ1v) is 4.72. The van der Waals surface area contributed by atoms with Crippen LogP contribution >= 0.6 is 15.9 Å². The average Bonchev–Trinajstić information content (AvgIpc) is 2.54. The number of halogens is 1. The minimum Gasteiger partial charge on any atom is -0.431 e. The van der Waals surface area contributed by atoms with Gasteiger partial charge in [0.1, 0.15) is 10.9 Å². The molecular formula is C7H10BrN3O. The molecule has 0 unspecified atom stereocenters. The van der Waals surface area contributed by atoms with Crippen LogP contribution < -0.4 is 10.2 Å². The lowest BCUT2D eigenvalue weighted by Gasteiger charge is -2.25. The van der Waals surface area contributed by atoms with Crippen molar-refractivity contribution >= 4 is 21.9 Å². The predicted molar refractivity (Wildman–Crippen MR) is 49.3 cm³/mol. The lowest BCUT2D eigenvalue weighted by atomic mass is 10.4. The third kappa shape index (κ3) is 1.61. The molecule has 0 aromatic carbocycles. The molecule has 0 bridgehead atoms.